The standard InChI is InChI=1S/C13H14N2O/c1-10(2)13(16)11-3-5-12(6-4-11)15-8-7-14-9-15/h3-10H,1-2H3. The molecule has 2 rings (SSSR count). The van der Waals surface area contributed by atoms with E-state index in [0.717, 1.165) is 11.3 Å². The van der Waals surface area contributed by atoms with Gasteiger partial charge in [0, 0.05) is 29.6 Å². The van der Waals surface area contributed by atoms with Crippen molar-refractivity contribution in [2.75, 3.05) is 0 Å². The lowest BCUT2D eigenvalue weighted by Gasteiger charge is -2.06. The van der Waals surface area contributed by atoms with Crippen molar-refractivity contribution in [1.82, 2.24) is 9.55 Å². The van der Waals surface area contributed by atoms with Crippen molar-refractivity contribution in [3.63, 3.8) is 0 Å². The van der Waals surface area contributed by atoms with Crippen LogP contribution in [0.2, 0.25) is 0 Å². The highest BCUT2D eigenvalue weighted by atomic mass is 16.1. The van der Waals surface area contributed by atoms with Gasteiger partial charge in [0.05, 0.1) is 6.33 Å². The van der Waals surface area contributed by atoms with Gasteiger partial charge in [-0.05, 0) is 24.3 Å². The number of ketones is 1. The normalized spacial score (nSPS) is 10.7. The van der Waals surface area contributed by atoms with Crippen molar-refractivity contribution in [3.05, 3.63) is 48.5 Å². The van der Waals surface area contributed by atoms with E-state index in [4.69, 9.17) is 0 Å². The van der Waals surface area contributed by atoms with Crippen LogP contribution in [0.25, 0.3) is 5.69 Å². The number of aromatic nitrogens is 2. The molecule has 0 atom stereocenters. The van der Waals surface area contributed by atoms with Crippen LogP contribution in [0, 0.1) is 5.92 Å². The molecule has 2 aromatic rings. The van der Waals surface area contributed by atoms with Crippen LogP contribution in [0.1, 0.15) is 24.2 Å². The van der Waals surface area contributed by atoms with E-state index >= 15 is 0 Å². The highest BCUT2D eigenvalue weighted by Crippen LogP contribution is 2.12. The van der Waals surface area contributed by atoms with Gasteiger partial charge in [-0.2, -0.15) is 0 Å². The minimum absolute atomic E-state index is 0.0408. The summed E-state index contributed by atoms with van der Waals surface area (Å²) >= 11 is 0. The fraction of sp³-hybridized carbons (Fsp3) is 0.231. The van der Waals surface area contributed by atoms with E-state index < -0.39 is 0 Å². The van der Waals surface area contributed by atoms with Crippen molar-refractivity contribution >= 4 is 5.78 Å². The predicted molar refractivity (Wildman–Crippen MR) is 62.7 cm³/mol. The van der Waals surface area contributed by atoms with Crippen LogP contribution in [0.5, 0.6) is 0 Å². The number of carbonyl (C=O) groups is 1. The van der Waals surface area contributed by atoms with E-state index in [2.05, 4.69) is 4.98 Å². The zero-order valence-electron chi connectivity index (χ0n) is 9.42. The zero-order valence-corrected chi connectivity index (χ0v) is 9.42. The number of hydrogen-bond donors (Lipinski definition) is 0. The molecule has 1 heterocycles. The second kappa shape index (κ2) is 4.31. The number of hydrogen-bond acceptors (Lipinski definition) is 2. The first kappa shape index (κ1) is 10.6. The van der Waals surface area contributed by atoms with E-state index in [9.17, 15) is 4.79 Å². The molecule has 0 radical (unpaired) electrons. The van der Waals surface area contributed by atoms with E-state index in [-0.39, 0.29) is 11.7 Å². The fourth-order valence-electron chi connectivity index (χ4n) is 1.54. The largest absolute Gasteiger partial charge is 0.306 e. The van der Waals surface area contributed by atoms with E-state index in [1.807, 2.05) is 48.9 Å². The monoisotopic (exact) mass is 214 g/mol. The number of rotatable bonds is 3. The van der Waals surface area contributed by atoms with Gasteiger partial charge in [0.25, 0.3) is 0 Å². The van der Waals surface area contributed by atoms with Crippen molar-refractivity contribution in [2.45, 2.75) is 13.8 Å². The predicted octanol–water partition coefficient (Wildman–Crippen LogP) is 2.71. The van der Waals surface area contributed by atoms with Gasteiger partial charge in [-0.1, -0.05) is 13.8 Å². The summed E-state index contributed by atoms with van der Waals surface area (Å²) in [6.07, 6.45) is 5.34. The minimum atomic E-state index is 0.0408. The van der Waals surface area contributed by atoms with Gasteiger partial charge < -0.3 is 4.57 Å². The molecule has 0 aliphatic heterocycles. The molecule has 3 heteroatoms. The molecule has 16 heavy (non-hydrogen) atoms. The maximum Gasteiger partial charge on any atom is 0.165 e. The summed E-state index contributed by atoms with van der Waals surface area (Å²) in [6, 6.07) is 7.57. The molecular weight excluding hydrogens is 200 g/mol. The molecule has 82 valence electrons. The molecule has 3 nitrogen and oxygen atoms in total. The number of imidazole rings is 1. The summed E-state index contributed by atoms with van der Waals surface area (Å²) in [5.74, 6) is 0.219. The van der Waals surface area contributed by atoms with Gasteiger partial charge in [-0.25, -0.2) is 4.98 Å². The lowest BCUT2D eigenvalue weighted by molar-refractivity contribution is 0.0939. The molecule has 0 saturated carbocycles. The summed E-state index contributed by atoms with van der Waals surface area (Å²) in [4.78, 5) is 15.7. The molecule has 0 spiro atoms. The third-order valence-electron chi connectivity index (χ3n) is 2.48. The summed E-state index contributed by atoms with van der Waals surface area (Å²) in [6.45, 7) is 3.82. The number of nitrogens with zero attached hydrogens (tertiary/aromatic N) is 2. The Morgan fingerprint density at radius 2 is 1.94 bits per heavy atom. The van der Waals surface area contributed by atoms with Crippen LogP contribution in [0.4, 0.5) is 0 Å². The topological polar surface area (TPSA) is 34.9 Å². The Kier molecular flexibility index (Phi) is 2.86. The highest BCUT2D eigenvalue weighted by molar-refractivity contribution is 5.97. The maximum atomic E-state index is 11.7. The Balaban J connectivity index is 2.27. The summed E-state index contributed by atoms with van der Waals surface area (Å²) in [5.41, 5.74) is 1.77. The van der Waals surface area contributed by atoms with Gasteiger partial charge in [-0.15, -0.1) is 0 Å². The third kappa shape index (κ3) is 2.03. The summed E-state index contributed by atoms with van der Waals surface area (Å²) < 4.78 is 1.91. The molecular formula is C13H14N2O. The van der Waals surface area contributed by atoms with Crippen LogP contribution in [0.3, 0.4) is 0 Å². The SMILES string of the molecule is CC(C)C(=O)c1ccc(-n2ccnc2)cc1. The van der Waals surface area contributed by atoms with Crippen molar-refractivity contribution < 1.29 is 4.79 Å². The van der Waals surface area contributed by atoms with E-state index in [1.54, 1.807) is 12.5 Å². The highest BCUT2D eigenvalue weighted by Gasteiger charge is 2.09. The first-order valence-electron chi connectivity index (χ1n) is 5.31. The van der Waals surface area contributed by atoms with Crippen molar-refractivity contribution in [3.8, 4) is 5.69 Å². The van der Waals surface area contributed by atoms with Crippen LogP contribution in [-0.2, 0) is 0 Å². The number of Topliss-reactive ketones (excluding diaryl/α,β-unsaturated/α-hetero) is 1. The Morgan fingerprint density at radius 1 is 1.25 bits per heavy atom. The first-order chi connectivity index (χ1) is 7.68. The molecule has 0 unspecified atom stereocenters. The molecule has 0 N–H and O–H groups in total. The second-order valence-corrected chi connectivity index (χ2v) is 4.04. The van der Waals surface area contributed by atoms with E-state index in [0.29, 0.717) is 0 Å². The van der Waals surface area contributed by atoms with Crippen molar-refractivity contribution in [1.29, 1.82) is 0 Å². The smallest absolute Gasteiger partial charge is 0.165 e. The first-order valence-corrected chi connectivity index (χ1v) is 5.31. The van der Waals surface area contributed by atoms with Crippen LogP contribution in [0.15, 0.2) is 43.0 Å². The van der Waals surface area contributed by atoms with Gasteiger partial charge in [0.1, 0.15) is 0 Å². The molecule has 0 aliphatic rings. The average molecular weight is 214 g/mol. The number of carbonyl (C=O) groups excluding carboxylic acids is 1. The Hall–Kier alpha value is -1.90. The molecule has 0 fully saturated rings. The van der Waals surface area contributed by atoms with Crippen LogP contribution in [-0.4, -0.2) is 15.3 Å². The van der Waals surface area contributed by atoms with Gasteiger partial charge in [0.15, 0.2) is 5.78 Å². The molecule has 0 aliphatic carbocycles. The molecule has 1 aromatic carbocycles. The maximum absolute atomic E-state index is 11.7. The van der Waals surface area contributed by atoms with Gasteiger partial charge in [-0.3, -0.25) is 4.79 Å². The minimum Gasteiger partial charge on any atom is -0.306 e. The molecule has 0 amide bonds. The lowest BCUT2D eigenvalue weighted by atomic mass is 10.0. The third-order valence-corrected chi connectivity index (χ3v) is 2.48. The van der Waals surface area contributed by atoms with Gasteiger partial charge >= 0.3 is 0 Å². The van der Waals surface area contributed by atoms with Crippen LogP contribution >= 0.6 is 0 Å². The summed E-state index contributed by atoms with van der Waals surface area (Å²) in [7, 11) is 0. The van der Waals surface area contributed by atoms with Crippen LogP contribution < -0.4 is 0 Å². The Morgan fingerprint density at radius 3 is 2.44 bits per heavy atom. The lowest BCUT2D eigenvalue weighted by Crippen LogP contribution is -2.07. The average Bonchev–Trinajstić information content (AvgIpc) is 2.81. The number of benzene rings is 1. The van der Waals surface area contributed by atoms with Gasteiger partial charge in [0.2, 0.25) is 0 Å². The fourth-order valence-corrected chi connectivity index (χ4v) is 1.54. The Labute approximate surface area is 94.7 Å². The molecule has 0 bridgehead atoms. The quantitative estimate of drug-likeness (QED) is 0.736. The second-order valence-electron chi connectivity index (χ2n) is 4.04. The zero-order chi connectivity index (χ0) is 11.5. The van der Waals surface area contributed by atoms with Crippen molar-refractivity contribution in [2.24, 2.45) is 5.92 Å². The van der Waals surface area contributed by atoms with E-state index in [1.165, 1.54) is 0 Å². The Bertz CT molecular complexity index is 469. The molecule has 1 aromatic heterocycles. The summed E-state index contributed by atoms with van der Waals surface area (Å²) in [5, 5.41) is 0. The molecule has 0 saturated heterocycles.